The molecule has 8 heteroatoms. The van der Waals surface area contributed by atoms with Crippen molar-refractivity contribution in [3.8, 4) is 11.5 Å². The van der Waals surface area contributed by atoms with Gasteiger partial charge in [-0.05, 0) is 49.1 Å². The quantitative estimate of drug-likeness (QED) is 0.672. The molecular weight excluding hydrogens is 358 g/mol. The van der Waals surface area contributed by atoms with Crippen LogP contribution in [0.3, 0.4) is 0 Å². The van der Waals surface area contributed by atoms with E-state index < -0.39 is 5.92 Å². The third-order valence-corrected chi connectivity index (χ3v) is 4.74. The van der Waals surface area contributed by atoms with Gasteiger partial charge in [0, 0.05) is 17.6 Å². The van der Waals surface area contributed by atoms with E-state index in [2.05, 4.69) is 25.9 Å². The van der Waals surface area contributed by atoms with Crippen molar-refractivity contribution in [1.82, 2.24) is 20.6 Å². The lowest BCUT2D eigenvalue weighted by molar-refractivity contribution is -0.117. The van der Waals surface area contributed by atoms with E-state index >= 15 is 0 Å². The van der Waals surface area contributed by atoms with Gasteiger partial charge in [0.05, 0.1) is 20.1 Å². The van der Waals surface area contributed by atoms with E-state index in [1.54, 1.807) is 20.3 Å². The number of tetrazole rings is 1. The average molecular weight is 380 g/mol. The number of benzene rings is 2. The standard InChI is InChI=1S/C20H23N5O3/c1-12-6-5-7-17(13(12)2)21-20(26)16(19-22-24-25-23-19)10-14-8-9-15(27-3)11-18(14)28-4/h5-9,11,16H,10H2,1-4H3,(H2,21,22,23,24,25,26)/p-1/t16-/m0/s1. The number of nitrogens with one attached hydrogen (secondary N) is 1. The summed E-state index contributed by atoms with van der Waals surface area (Å²) < 4.78 is 10.7. The summed E-state index contributed by atoms with van der Waals surface area (Å²) in [5, 5.41) is 17.9. The fraction of sp³-hybridized carbons (Fsp3) is 0.300. The lowest BCUT2D eigenvalue weighted by Gasteiger charge is -2.20. The molecule has 1 atom stereocenters. The van der Waals surface area contributed by atoms with Crippen LogP contribution in [0.2, 0.25) is 0 Å². The van der Waals surface area contributed by atoms with E-state index in [0.717, 1.165) is 22.4 Å². The molecule has 0 aliphatic rings. The maximum absolute atomic E-state index is 13.1. The van der Waals surface area contributed by atoms with Gasteiger partial charge in [-0.25, -0.2) is 0 Å². The number of amides is 1. The summed E-state index contributed by atoms with van der Waals surface area (Å²) >= 11 is 0. The second kappa shape index (κ2) is 8.51. The fourth-order valence-electron chi connectivity index (χ4n) is 2.94. The molecule has 0 aliphatic carbocycles. The predicted molar refractivity (Wildman–Crippen MR) is 104 cm³/mol. The zero-order valence-electron chi connectivity index (χ0n) is 16.3. The van der Waals surface area contributed by atoms with Gasteiger partial charge < -0.3 is 19.9 Å². The molecular formula is C20H22N5O3-. The Morgan fingerprint density at radius 2 is 2.00 bits per heavy atom. The van der Waals surface area contributed by atoms with E-state index in [9.17, 15) is 4.79 Å². The summed E-state index contributed by atoms with van der Waals surface area (Å²) in [6.07, 6.45) is 0.331. The molecule has 0 aliphatic heterocycles. The van der Waals surface area contributed by atoms with Crippen LogP contribution in [0.1, 0.15) is 28.4 Å². The molecule has 0 saturated carbocycles. The largest absolute Gasteiger partial charge is 0.497 e. The Kier molecular flexibility index (Phi) is 5.88. The van der Waals surface area contributed by atoms with Crippen molar-refractivity contribution < 1.29 is 14.3 Å². The number of hydrogen-bond donors (Lipinski definition) is 1. The number of aryl methyl sites for hydroxylation is 1. The number of methoxy groups -OCH3 is 2. The molecule has 3 rings (SSSR count). The van der Waals surface area contributed by atoms with Crippen molar-refractivity contribution in [2.24, 2.45) is 0 Å². The highest BCUT2D eigenvalue weighted by Gasteiger charge is 2.23. The lowest BCUT2D eigenvalue weighted by atomic mass is 9.96. The number of hydrogen-bond acceptors (Lipinski definition) is 6. The van der Waals surface area contributed by atoms with Crippen LogP contribution >= 0.6 is 0 Å². The number of aromatic nitrogens is 4. The van der Waals surface area contributed by atoms with Crippen LogP contribution in [-0.4, -0.2) is 35.7 Å². The highest BCUT2D eigenvalue weighted by molar-refractivity contribution is 5.96. The molecule has 1 N–H and O–H groups in total. The zero-order chi connectivity index (χ0) is 20.1. The van der Waals surface area contributed by atoms with E-state index in [4.69, 9.17) is 9.47 Å². The highest BCUT2D eigenvalue weighted by atomic mass is 16.5. The van der Waals surface area contributed by atoms with Gasteiger partial charge in [0.25, 0.3) is 0 Å². The smallest absolute Gasteiger partial charge is 0.232 e. The molecule has 0 fully saturated rings. The van der Waals surface area contributed by atoms with E-state index in [-0.39, 0.29) is 11.7 Å². The van der Waals surface area contributed by atoms with Gasteiger partial charge in [0.15, 0.2) is 0 Å². The normalized spacial score (nSPS) is 11.7. The molecule has 1 aromatic heterocycles. The minimum Gasteiger partial charge on any atom is -0.497 e. The summed E-state index contributed by atoms with van der Waals surface area (Å²) in [7, 11) is 3.16. The Labute approximate surface area is 163 Å². The number of anilines is 1. The summed E-state index contributed by atoms with van der Waals surface area (Å²) in [5.74, 6) is 0.653. The van der Waals surface area contributed by atoms with Crippen LogP contribution in [0, 0.1) is 13.8 Å². The topological polar surface area (TPSA) is 100 Å². The van der Waals surface area contributed by atoms with E-state index in [1.807, 2.05) is 44.2 Å². The number of carbonyl (C=O) groups is 1. The van der Waals surface area contributed by atoms with Crippen LogP contribution in [0.5, 0.6) is 11.5 Å². The van der Waals surface area contributed by atoms with E-state index in [0.29, 0.717) is 17.9 Å². The van der Waals surface area contributed by atoms with Gasteiger partial charge in [-0.1, -0.05) is 18.2 Å². The van der Waals surface area contributed by atoms with Gasteiger partial charge >= 0.3 is 0 Å². The molecule has 2 aromatic carbocycles. The Balaban J connectivity index is 1.90. The SMILES string of the molecule is COc1ccc(C[C@H](C(=O)Nc2cccc(C)c2C)c2nnn[n-]2)c(OC)c1. The first-order chi connectivity index (χ1) is 13.5. The Bertz CT molecular complexity index is 956. The van der Waals surface area contributed by atoms with Crippen LogP contribution in [0.25, 0.3) is 0 Å². The molecule has 0 spiro atoms. The maximum atomic E-state index is 13.1. The third kappa shape index (κ3) is 4.11. The number of carbonyl (C=O) groups excluding carboxylic acids is 1. The molecule has 146 valence electrons. The highest BCUT2D eigenvalue weighted by Crippen LogP contribution is 2.30. The molecule has 8 nitrogen and oxygen atoms in total. The van der Waals surface area contributed by atoms with Crippen molar-refractivity contribution >= 4 is 11.6 Å². The van der Waals surface area contributed by atoms with Crippen molar-refractivity contribution in [3.05, 3.63) is 58.9 Å². The van der Waals surface area contributed by atoms with Gasteiger partial charge in [0.2, 0.25) is 5.91 Å². The fourth-order valence-corrected chi connectivity index (χ4v) is 2.94. The monoisotopic (exact) mass is 380 g/mol. The Hall–Kier alpha value is -3.42. The van der Waals surface area contributed by atoms with Crippen molar-refractivity contribution in [2.45, 2.75) is 26.2 Å². The predicted octanol–water partition coefficient (Wildman–Crippen LogP) is 2.43. The molecule has 0 saturated heterocycles. The average Bonchev–Trinajstić information content (AvgIpc) is 3.24. The Morgan fingerprint density at radius 3 is 2.68 bits per heavy atom. The molecule has 1 heterocycles. The van der Waals surface area contributed by atoms with Crippen LogP contribution < -0.4 is 19.9 Å². The van der Waals surface area contributed by atoms with Gasteiger partial charge in [-0.15, -0.1) is 0 Å². The minimum atomic E-state index is -0.669. The first kappa shape index (κ1) is 19.3. The Morgan fingerprint density at radius 1 is 1.18 bits per heavy atom. The summed E-state index contributed by atoms with van der Waals surface area (Å²) in [5.41, 5.74) is 3.69. The number of ether oxygens (including phenoxy) is 2. The van der Waals surface area contributed by atoms with Gasteiger partial charge in [0.1, 0.15) is 11.5 Å². The minimum absolute atomic E-state index is 0.235. The molecule has 0 unspecified atom stereocenters. The van der Waals surface area contributed by atoms with E-state index in [1.165, 1.54) is 0 Å². The van der Waals surface area contributed by atoms with Gasteiger partial charge in [-0.2, -0.15) is 5.21 Å². The molecule has 1 amide bonds. The molecule has 3 aromatic rings. The maximum Gasteiger partial charge on any atom is 0.232 e. The van der Waals surface area contributed by atoms with Gasteiger partial charge in [-0.3, -0.25) is 15.1 Å². The molecule has 0 bridgehead atoms. The van der Waals surface area contributed by atoms with Crippen molar-refractivity contribution in [3.63, 3.8) is 0 Å². The van der Waals surface area contributed by atoms with Crippen LogP contribution in [0.15, 0.2) is 36.4 Å². The summed E-state index contributed by atoms with van der Waals surface area (Å²) in [4.78, 5) is 13.1. The molecule has 0 radical (unpaired) electrons. The van der Waals surface area contributed by atoms with Crippen LogP contribution in [0.4, 0.5) is 5.69 Å². The zero-order valence-corrected chi connectivity index (χ0v) is 16.3. The number of nitrogens with zero attached hydrogens (tertiary/aromatic N) is 4. The molecule has 28 heavy (non-hydrogen) atoms. The first-order valence-corrected chi connectivity index (χ1v) is 8.80. The third-order valence-electron chi connectivity index (χ3n) is 4.74. The van der Waals surface area contributed by atoms with Crippen LogP contribution in [-0.2, 0) is 11.2 Å². The first-order valence-electron chi connectivity index (χ1n) is 8.80. The van der Waals surface area contributed by atoms with Crippen molar-refractivity contribution in [1.29, 1.82) is 0 Å². The van der Waals surface area contributed by atoms with Crippen molar-refractivity contribution in [2.75, 3.05) is 19.5 Å². The summed E-state index contributed by atoms with van der Waals surface area (Å²) in [6, 6.07) is 11.2. The number of rotatable bonds is 7. The summed E-state index contributed by atoms with van der Waals surface area (Å²) in [6.45, 7) is 3.97. The lowest BCUT2D eigenvalue weighted by Crippen LogP contribution is -2.25. The second-order valence-corrected chi connectivity index (χ2v) is 6.41. The second-order valence-electron chi connectivity index (χ2n) is 6.41.